The minimum atomic E-state index is -0.445. The molecule has 106 valence electrons. The van der Waals surface area contributed by atoms with Crippen molar-refractivity contribution < 1.29 is 4.92 Å². The monoisotopic (exact) mass is 302 g/mol. The van der Waals surface area contributed by atoms with Crippen molar-refractivity contribution in [1.82, 2.24) is 20.2 Å². The molecule has 3 aromatic rings. The number of nitrogen functional groups attached to an aromatic ring is 1. The van der Waals surface area contributed by atoms with Gasteiger partial charge in [-0.3, -0.25) is 15.2 Å². The average molecular weight is 302 g/mol. The first-order chi connectivity index (χ1) is 10.1. The van der Waals surface area contributed by atoms with Crippen LogP contribution in [0.3, 0.4) is 0 Å². The Hall–Kier alpha value is -2.81. The van der Waals surface area contributed by atoms with Crippen molar-refractivity contribution >= 4 is 22.2 Å². The summed E-state index contributed by atoms with van der Waals surface area (Å²) in [5, 5.41) is 19.9. The summed E-state index contributed by atoms with van der Waals surface area (Å²) in [7, 11) is 0. The second-order valence-corrected chi connectivity index (χ2v) is 5.15. The van der Waals surface area contributed by atoms with Crippen molar-refractivity contribution in [1.29, 1.82) is 0 Å². The van der Waals surface area contributed by atoms with Gasteiger partial charge in [0.15, 0.2) is 11.0 Å². The minimum absolute atomic E-state index is 0.0347. The van der Waals surface area contributed by atoms with E-state index in [2.05, 4.69) is 20.2 Å². The van der Waals surface area contributed by atoms with Gasteiger partial charge in [0.05, 0.1) is 17.0 Å². The summed E-state index contributed by atoms with van der Waals surface area (Å²) in [6.45, 7) is 0. The first-order valence-corrected chi connectivity index (χ1v) is 6.86. The highest BCUT2D eigenvalue weighted by molar-refractivity contribution is 7.13. The van der Waals surface area contributed by atoms with Crippen molar-refractivity contribution in [3.63, 3.8) is 0 Å². The molecule has 0 aliphatic carbocycles. The number of nitrogens with zero attached hydrogens (tertiary/aromatic N) is 4. The first-order valence-electron chi connectivity index (χ1n) is 5.98. The third-order valence-corrected chi connectivity index (χ3v) is 3.51. The summed E-state index contributed by atoms with van der Waals surface area (Å²) in [4.78, 5) is 18.7. The van der Waals surface area contributed by atoms with Gasteiger partial charge in [0.2, 0.25) is 0 Å². The molecule has 1 aromatic carbocycles. The number of anilines is 1. The van der Waals surface area contributed by atoms with Crippen LogP contribution in [0.4, 0.5) is 10.8 Å². The van der Waals surface area contributed by atoms with Crippen molar-refractivity contribution in [2.45, 2.75) is 6.42 Å². The fraction of sp³-hybridized carbons (Fsp3) is 0.0833. The second-order valence-electron chi connectivity index (χ2n) is 4.26. The molecule has 0 saturated heterocycles. The minimum Gasteiger partial charge on any atom is -0.375 e. The molecule has 2 aromatic heterocycles. The van der Waals surface area contributed by atoms with Gasteiger partial charge in [-0.15, -0.1) is 11.3 Å². The summed E-state index contributed by atoms with van der Waals surface area (Å²) >= 11 is 1.37. The number of H-pyrrole nitrogens is 1. The summed E-state index contributed by atoms with van der Waals surface area (Å²) < 4.78 is 0. The number of non-ortho nitro benzene ring substituents is 1. The number of hydrogen-bond acceptors (Lipinski definition) is 7. The van der Waals surface area contributed by atoms with E-state index >= 15 is 0 Å². The van der Waals surface area contributed by atoms with Crippen LogP contribution in [0.15, 0.2) is 29.6 Å². The van der Waals surface area contributed by atoms with E-state index in [-0.39, 0.29) is 5.69 Å². The molecule has 0 atom stereocenters. The molecule has 21 heavy (non-hydrogen) atoms. The Morgan fingerprint density at radius 2 is 2.05 bits per heavy atom. The van der Waals surface area contributed by atoms with Gasteiger partial charge in [-0.2, -0.15) is 5.10 Å². The summed E-state index contributed by atoms with van der Waals surface area (Å²) in [5.74, 6) is 1.15. The smallest absolute Gasteiger partial charge is 0.269 e. The average Bonchev–Trinajstić information content (AvgIpc) is 3.09. The van der Waals surface area contributed by atoms with E-state index in [9.17, 15) is 10.1 Å². The molecule has 0 unspecified atom stereocenters. The fourth-order valence-corrected chi connectivity index (χ4v) is 2.37. The van der Waals surface area contributed by atoms with Gasteiger partial charge in [0.1, 0.15) is 5.82 Å². The van der Waals surface area contributed by atoms with Crippen LogP contribution in [0.5, 0.6) is 0 Å². The van der Waals surface area contributed by atoms with Crippen LogP contribution < -0.4 is 5.73 Å². The summed E-state index contributed by atoms with van der Waals surface area (Å²) in [6, 6.07) is 6.08. The Bertz CT molecular complexity index is 779. The highest BCUT2D eigenvalue weighted by atomic mass is 32.1. The molecule has 0 aliphatic heterocycles. The van der Waals surface area contributed by atoms with Crippen molar-refractivity contribution in [3.8, 4) is 11.4 Å². The number of benzene rings is 1. The van der Waals surface area contributed by atoms with Crippen LogP contribution in [-0.2, 0) is 6.42 Å². The predicted octanol–water partition coefficient (Wildman–Crippen LogP) is 2.01. The van der Waals surface area contributed by atoms with Crippen LogP contribution in [0.25, 0.3) is 11.4 Å². The Morgan fingerprint density at radius 1 is 1.29 bits per heavy atom. The maximum atomic E-state index is 10.6. The van der Waals surface area contributed by atoms with E-state index in [4.69, 9.17) is 5.73 Å². The molecule has 0 radical (unpaired) electrons. The lowest BCUT2D eigenvalue weighted by atomic mass is 10.2. The van der Waals surface area contributed by atoms with Crippen LogP contribution in [0.2, 0.25) is 0 Å². The number of nitro groups is 1. The molecular formula is C12H10N6O2S. The normalized spacial score (nSPS) is 10.7. The quantitative estimate of drug-likeness (QED) is 0.561. The van der Waals surface area contributed by atoms with E-state index in [1.165, 1.54) is 23.5 Å². The standard InChI is InChI=1S/C12H10N6O2S/c13-12-14-8(6-21-12)5-10-15-11(17-16-10)7-1-3-9(4-2-7)18(19)20/h1-4,6H,5H2,(H2,13,14)(H,15,16,17). The SMILES string of the molecule is Nc1nc(Cc2nc(-c3ccc([N+](=O)[O-])cc3)n[nH]2)cs1. The highest BCUT2D eigenvalue weighted by Gasteiger charge is 2.10. The van der Waals surface area contributed by atoms with Crippen LogP contribution >= 0.6 is 11.3 Å². The van der Waals surface area contributed by atoms with E-state index in [1.54, 1.807) is 12.1 Å². The Morgan fingerprint density at radius 3 is 2.67 bits per heavy atom. The predicted molar refractivity (Wildman–Crippen MR) is 77.8 cm³/mol. The van der Waals surface area contributed by atoms with Gasteiger partial charge in [-0.1, -0.05) is 0 Å². The van der Waals surface area contributed by atoms with Crippen molar-refractivity contribution in [2.24, 2.45) is 0 Å². The Labute approximate surface area is 122 Å². The number of thiazole rings is 1. The lowest BCUT2D eigenvalue weighted by Crippen LogP contribution is -1.92. The fourth-order valence-electron chi connectivity index (χ4n) is 1.81. The zero-order valence-electron chi connectivity index (χ0n) is 10.7. The third-order valence-electron chi connectivity index (χ3n) is 2.79. The second kappa shape index (κ2) is 5.29. The number of hydrogen-bond donors (Lipinski definition) is 2. The topological polar surface area (TPSA) is 124 Å². The highest BCUT2D eigenvalue weighted by Crippen LogP contribution is 2.20. The Kier molecular flexibility index (Phi) is 3.32. The summed E-state index contributed by atoms with van der Waals surface area (Å²) in [6.07, 6.45) is 0.508. The molecule has 3 rings (SSSR count). The molecule has 2 heterocycles. The van der Waals surface area contributed by atoms with E-state index in [1.807, 2.05) is 5.38 Å². The van der Waals surface area contributed by atoms with Crippen LogP contribution in [0.1, 0.15) is 11.5 Å². The van der Waals surface area contributed by atoms with E-state index in [0.29, 0.717) is 28.8 Å². The number of nitrogens with one attached hydrogen (secondary N) is 1. The lowest BCUT2D eigenvalue weighted by Gasteiger charge is -1.94. The molecule has 0 aliphatic rings. The van der Waals surface area contributed by atoms with Gasteiger partial charge in [0.25, 0.3) is 5.69 Å². The zero-order valence-corrected chi connectivity index (χ0v) is 11.5. The molecule has 8 nitrogen and oxygen atoms in total. The summed E-state index contributed by atoms with van der Waals surface area (Å²) in [5.41, 5.74) is 7.14. The van der Waals surface area contributed by atoms with Crippen LogP contribution in [0, 0.1) is 10.1 Å². The molecule has 9 heteroatoms. The third kappa shape index (κ3) is 2.87. The zero-order chi connectivity index (χ0) is 14.8. The molecular weight excluding hydrogens is 292 g/mol. The molecule has 0 saturated carbocycles. The largest absolute Gasteiger partial charge is 0.375 e. The number of nitrogens with two attached hydrogens (primary N) is 1. The number of nitro benzene ring substituents is 1. The molecule has 0 bridgehead atoms. The molecule has 3 N–H and O–H groups in total. The van der Waals surface area contributed by atoms with Crippen LogP contribution in [-0.4, -0.2) is 25.1 Å². The molecule has 0 amide bonds. The van der Waals surface area contributed by atoms with E-state index < -0.39 is 4.92 Å². The number of aromatic amines is 1. The number of aromatic nitrogens is 4. The van der Waals surface area contributed by atoms with Gasteiger partial charge >= 0.3 is 0 Å². The maximum absolute atomic E-state index is 10.6. The van der Waals surface area contributed by atoms with Gasteiger partial charge < -0.3 is 5.73 Å². The molecule has 0 fully saturated rings. The van der Waals surface area contributed by atoms with Gasteiger partial charge in [0, 0.05) is 23.1 Å². The van der Waals surface area contributed by atoms with E-state index in [0.717, 1.165) is 5.69 Å². The van der Waals surface area contributed by atoms with Crippen molar-refractivity contribution in [2.75, 3.05) is 5.73 Å². The maximum Gasteiger partial charge on any atom is 0.269 e. The van der Waals surface area contributed by atoms with Crippen molar-refractivity contribution in [3.05, 3.63) is 51.3 Å². The number of rotatable bonds is 4. The lowest BCUT2D eigenvalue weighted by molar-refractivity contribution is -0.384. The first kappa shape index (κ1) is 13.2. The molecule has 0 spiro atoms. The van der Waals surface area contributed by atoms with Gasteiger partial charge in [-0.05, 0) is 12.1 Å². The Balaban J connectivity index is 1.79. The van der Waals surface area contributed by atoms with Gasteiger partial charge in [-0.25, -0.2) is 9.97 Å².